The van der Waals surface area contributed by atoms with Gasteiger partial charge in [0.25, 0.3) is 0 Å². The smallest absolute Gasteiger partial charge is 0.122 e. The van der Waals surface area contributed by atoms with Crippen LogP contribution >= 0.6 is 12.6 Å². The molecule has 0 aliphatic rings. The van der Waals surface area contributed by atoms with E-state index in [1.54, 1.807) is 7.11 Å². The third-order valence-electron chi connectivity index (χ3n) is 2.22. The fourth-order valence-electron chi connectivity index (χ4n) is 1.39. The van der Waals surface area contributed by atoms with Gasteiger partial charge in [-0.1, -0.05) is 19.9 Å². The molecule has 1 aromatic rings. The van der Waals surface area contributed by atoms with Crippen LogP contribution in [0.1, 0.15) is 36.3 Å². The van der Waals surface area contributed by atoms with Crippen LogP contribution in [0.5, 0.6) is 5.75 Å². The van der Waals surface area contributed by atoms with Crippen LogP contribution in [0.15, 0.2) is 18.2 Å². The molecule has 2 N–H and O–H groups in total. The molecule has 2 nitrogen and oxygen atoms in total. The first-order valence-corrected chi connectivity index (χ1v) is 5.19. The number of methoxy groups -OCH3 is 1. The molecule has 1 unspecified atom stereocenters. The third kappa shape index (κ3) is 2.42. The van der Waals surface area contributed by atoms with Crippen molar-refractivity contribution >= 4 is 12.6 Å². The van der Waals surface area contributed by atoms with Gasteiger partial charge in [0, 0.05) is 0 Å². The Morgan fingerprint density at radius 2 is 2.00 bits per heavy atom. The van der Waals surface area contributed by atoms with Crippen LogP contribution in [0.2, 0.25) is 0 Å². The van der Waals surface area contributed by atoms with Gasteiger partial charge in [-0.3, -0.25) is 0 Å². The number of rotatable bonds is 3. The van der Waals surface area contributed by atoms with Crippen molar-refractivity contribution in [3.8, 4) is 5.75 Å². The molecule has 1 rings (SSSR count). The lowest BCUT2D eigenvalue weighted by Gasteiger charge is -2.14. The molecule has 0 fully saturated rings. The zero-order valence-corrected chi connectivity index (χ0v) is 9.71. The van der Waals surface area contributed by atoms with Gasteiger partial charge in [-0.05, 0) is 29.2 Å². The Bertz CT molecular complexity index is 310. The number of benzene rings is 1. The number of hydrogen-bond donors (Lipinski definition) is 2. The highest BCUT2D eigenvalue weighted by molar-refractivity contribution is 7.80. The molecule has 0 amide bonds. The van der Waals surface area contributed by atoms with Gasteiger partial charge in [-0.25, -0.2) is 0 Å². The molecule has 0 spiro atoms. The summed E-state index contributed by atoms with van der Waals surface area (Å²) in [5.74, 6) is 1.34. The molecular formula is C11H17NOS. The summed E-state index contributed by atoms with van der Waals surface area (Å²) in [5.41, 5.74) is 7.90. The lowest BCUT2D eigenvalue weighted by atomic mass is 9.99. The topological polar surface area (TPSA) is 35.2 Å². The monoisotopic (exact) mass is 211 g/mol. The molecule has 78 valence electrons. The highest BCUT2D eigenvalue weighted by atomic mass is 32.1. The summed E-state index contributed by atoms with van der Waals surface area (Å²) >= 11 is 4.20. The number of thiol groups is 1. The molecule has 1 aromatic carbocycles. The summed E-state index contributed by atoms with van der Waals surface area (Å²) in [6.07, 6.45) is 0. The molecule has 0 radical (unpaired) electrons. The van der Waals surface area contributed by atoms with E-state index in [1.165, 1.54) is 5.56 Å². The minimum atomic E-state index is -0.224. The van der Waals surface area contributed by atoms with E-state index in [-0.39, 0.29) is 5.37 Å². The van der Waals surface area contributed by atoms with Crippen molar-refractivity contribution in [3.05, 3.63) is 29.3 Å². The Hall–Kier alpha value is -0.670. The van der Waals surface area contributed by atoms with Crippen molar-refractivity contribution in [2.75, 3.05) is 7.11 Å². The van der Waals surface area contributed by atoms with E-state index < -0.39 is 0 Å². The highest BCUT2D eigenvalue weighted by Crippen LogP contribution is 2.29. The molecule has 3 heteroatoms. The van der Waals surface area contributed by atoms with Crippen LogP contribution < -0.4 is 10.5 Å². The average molecular weight is 211 g/mol. The van der Waals surface area contributed by atoms with Gasteiger partial charge in [-0.15, -0.1) is 0 Å². The summed E-state index contributed by atoms with van der Waals surface area (Å²) in [7, 11) is 1.68. The minimum absolute atomic E-state index is 0.224. The van der Waals surface area contributed by atoms with E-state index in [0.29, 0.717) is 5.92 Å². The molecule has 0 saturated carbocycles. The van der Waals surface area contributed by atoms with Gasteiger partial charge in [0.15, 0.2) is 0 Å². The quantitative estimate of drug-likeness (QED) is 0.595. The molecule has 0 aliphatic carbocycles. The normalized spacial score (nSPS) is 13.0. The molecule has 1 atom stereocenters. The van der Waals surface area contributed by atoms with Crippen molar-refractivity contribution in [1.82, 2.24) is 0 Å². The van der Waals surface area contributed by atoms with Gasteiger partial charge in [0.05, 0.1) is 12.5 Å². The Morgan fingerprint density at radius 1 is 1.36 bits per heavy atom. The lowest BCUT2D eigenvalue weighted by Crippen LogP contribution is -2.04. The second-order valence-electron chi connectivity index (χ2n) is 3.60. The average Bonchev–Trinajstić information content (AvgIpc) is 2.16. The van der Waals surface area contributed by atoms with E-state index in [4.69, 9.17) is 10.5 Å². The maximum atomic E-state index is 5.70. The fourth-order valence-corrected chi connectivity index (χ4v) is 1.55. The maximum Gasteiger partial charge on any atom is 0.122 e. The Kier molecular flexibility index (Phi) is 3.84. The van der Waals surface area contributed by atoms with Gasteiger partial charge < -0.3 is 10.5 Å². The molecule has 0 aliphatic heterocycles. The second kappa shape index (κ2) is 4.71. The molecule has 0 bridgehead atoms. The molecule has 14 heavy (non-hydrogen) atoms. The van der Waals surface area contributed by atoms with Crippen LogP contribution in [0.3, 0.4) is 0 Å². The van der Waals surface area contributed by atoms with Crippen LogP contribution in [0, 0.1) is 0 Å². The summed E-state index contributed by atoms with van der Waals surface area (Å²) in [5, 5.41) is -0.224. The Balaban J connectivity index is 3.14. The molecule has 0 saturated heterocycles. The van der Waals surface area contributed by atoms with Crippen LogP contribution in [-0.2, 0) is 0 Å². The predicted octanol–water partition coefficient (Wildman–Crippen LogP) is 2.71. The zero-order chi connectivity index (χ0) is 10.7. The van der Waals surface area contributed by atoms with E-state index in [0.717, 1.165) is 11.3 Å². The van der Waals surface area contributed by atoms with Crippen LogP contribution in [-0.4, -0.2) is 7.11 Å². The van der Waals surface area contributed by atoms with Crippen molar-refractivity contribution in [1.29, 1.82) is 0 Å². The first-order valence-electron chi connectivity index (χ1n) is 4.67. The van der Waals surface area contributed by atoms with Crippen molar-refractivity contribution < 1.29 is 4.74 Å². The third-order valence-corrected chi connectivity index (χ3v) is 2.52. The first-order chi connectivity index (χ1) is 6.56. The maximum absolute atomic E-state index is 5.70. The Morgan fingerprint density at radius 3 is 2.43 bits per heavy atom. The van der Waals surface area contributed by atoms with Crippen molar-refractivity contribution in [2.24, 2.45) is 5.73 Å². The first kappa shape index (κ1) is 11.4. The number of ether oxygens (including phenoxy) is 1. The summed E-state index contributed by atoms with van der Waals surface area (Å²) in [6, 6.07) is 5.95. The van der Waals surface area contributed by atoms with Crippen molar-refractivity contribution in [3.63, 3.8) is 0 Å². The van der Waals surface area contributed by atoms with Gasteiger partial charge in [0.2, 0.25) is 0 Å². The van der Waals surface area contributed by atoms with E-state index in [2.05, 4.69) is 32.5 Å². The van der Waals surface area contributed by atoms with Gasteiger partial charge in [-0.2, -0.15) is 12.6 Å². The predicted molar refractivity (Wildman–Crippen MR) is 63.0 cm³/mol. The van der Waals surface area contributed by atoms with E-state index >= 15 is 0 Å². The van der Waals surface area contributed by atoms with Crippen molar-refractivity contribution in [2.45, 2.75) is 25.1 Å². The minimum Gasteiger partial charge on any atom is -0.496 e. The largest absolute Gasteiger partial charge is 0.496 e. The standard InChI is InChI=1S/C11H17NOS/c1-7(2)9-6-8(11(12)14)4-5-10(9)13-3/h4-7,11,14H,12H2,1-3H3. The highest BCUT2D eigenvalue weighted by Gasteiger charge is 2.09. The molecular weight excluding hydrogens is 194 g/mol. The number of nitrogens with two attached hydrogens (primary N) is 1. The summed E-state index contributed by atoms with van der Waals surface area (Å²) in [4.78, 5) is 0. The lowest BCUT2D eigenvalue weighted by molar-refractivity contribution is 0.407. The van der Waals surface area contributed by atoms with Crippen LogP contribution in [0.4, 0.5) is 0 Å². The SMILES string of the molecule is COc1ccc(C(N)S)cc1C(C)C. The Labute approximate surface area is 90.9 Å². The summed E-state index contributed by atoms with van der Waals surface area (Å²) in [6.45, 7) is 4.26. The van der Waals surface area contributed by atoms with E-state index in [9.17, 15) is 0 Å². The van der Waals surface area contributed by atoms with E-state index in [1.807, 2.05) is 12.1 Å². The zero-order valence-electron chi connectivity index (χ0n) is 8.82. The number of hydrogen-bond acceptors (Lipinski definition) is 3. The van der Waals surface area contributed by atoms with Crippen LogP contribution in [0.25, 0.3) is 0 Å². The second-order valence-corrected chi connectivity index (χ2v) is 4.16. The molecule has 0 heterocycles. The fraction of sp³-hybridized carbons (Fsp3) is 0.455. The van der Waals surface area contributed by atoms with Gasteiger partial charge >= 0.3 is 0 Å². The summed E-state index contributed by atoms with van der Waals surface area (Å²) < 4.78 is 5.28. The molecule has 0 aromatic heterocycles. The van der Waals surface area contributed by atoms with Gasteiger partial charge in [0.1, 0.15) is 5.75 Å².